The zero-order valence-corrected chi connectivity index (χ0v) is 11.7. The third-order valence-electron chi connectivity index (χ3n) is 3.77. The van der Waals surface area contributed by atoms with Crippen LogP contribution in [-0.4, -0.2) is 53.5 Å². The van der Waals surface area contributed by atoms with E-state index in [1.807, 2.05) is 13.8 Å². The molecule has 1 atom stereocenters. The fourth-order valence-electron chi connectivity index (χ4n) is 2.41. The van der Waals surface area contributed by atoms with Crippen molar-refractivity contribution in [3.05, 3.63) is 27.4 Å². The fourth-order valence-corrected chi connectivity index (χ4v) is 2.41. The van der Waals surface area contributed by atoms with E-state index < -0.39 is 0 Å². The maximum atomic E-state index is 11.9. The Kier molecular flexibility index (Phi) is 3.82. The lowest BCUT2D eigenvalue weighted by atomic mass is 10.1. The second-order valence-corrected chi connectivity index (χ2v) is 5.14. The monoisotopic (exact) mass is 250 g/mol. The summed E-state index contributed by atoms with van der Waals surface area (Å²) in [6.45, 7) is 6.84. The lowest BCUT2D eigenvalue weighted by molar-refractivity contribution is 0.109. The van der Waals surface area contributed by atoms with Crippen LogP contribution in [0.3, 0.4) is 0 Å². The van der Waals surface area contributed by atoms with Gasteiger partial charge < -0.3 is 9.88 Å². The van der Waals surface area contributed by atoms with E-state index in [1.165, 1.54) is 0 Å². The molecule has 1 aromatic heterocycles. The Morgan fingerprint density at radius 3 is 2.78 bits per heavy atom. The number of aromatic nitrogens is 2. The summed E-state index contributed by atoms with van der Waals surface area (Å²) >= 11 is 0. The molecule has 0 radical (unpaired) electrons. The quantitative estimate of drug-likeness (QED) is 0.833. The van der Waals surface area contributed by atoms with E-state index in [0.717, 1.165) is 43.1 Å². The summed E-state index contributed by atoms with van der Waals surface area (Å²) in [5, 5.41) is 0. The first kappa shape index (κ1) is 13.2. The van der Waals surface area contributed by atoms with Crippen molar-refractivity contribution in [2.24, 2.45) is 0 Å². The van der Waals surface area contributed by atoms with Gasteiger partial charge in [-0.05, 0) is 27.4 Å². The van der Waals surface area contributed by atoms with Crippen molar-refractivity contribution in [2.45, 2.75) is 26.3 Å². The van der Waals surface area contributed by atoms with E-state index in [1.54, 1.807) is 0 Å². The highest BCUT2D eigenvalue weighted by molar-refractivity contribution is 5.17. The standard InChI is InChI=1S/C13H22N4O/c1-5-10-9(2)13(18)15-12(14-10)11-8-16(3)6-7-17(11)4/h11H,5-8H2,1-4H3,(H,14,15,18). The lowest BCUT2D eigenvalue weighted by Crippen LogP contribution is -2.46. The van der Waals surface area contributed by atoms with Crippen molar-refractivity contribution in [2.75, 3.05) is 33.7 Å². The van der Waals surface area contributed by atoms with Gasteiger partial charge in [0.2, 0.25) is 0 Å². The summed E-state index contributed by atoms with van der Waals surface area (Å²) in [6.07, 6.45) is 0.801. The molecule has 1 aliphatic rings. The van der Waals surface area contributed by atoms with Crippen LogP contribution in [0.15, 0.2) is 4.79 Å². The third-order valence-corrected chi connectivity index (χ3v) is 3.77. The molecule has 0 aliphatic carbocycles. The zero-order valence-electron chi connectivity index (χ0n) is 11.7. The van der Waals surface area contributed by atoms with E-state index in [9.17, 15) is 4.79 Å². The number of nitrogens with zero attached hydrogens (tertiary/aromatic N) is 3. The number of likely N-dealkylation sites (N-methyl/N-ethyl adjacent to an activating group) is 2. The minimum atomic E-state index is -0.00141. The Morgan fingerprint density at radius 1 is 1.39 bits per heavy atom. The Balaban J connectivity index is 2.38. The molecule has 0 saturated carbocycles. The van der Waals surface area contributed by atoms with E-state index in [2.05, 4.69) is 33.9 Å². The highest BCUT2D eigenvalue weighted by Gasteiger charge is 2.26. The Morgan fingerprint density at radius 2 is 2.11 bits per heavy atom. The molecule has 5 nitrogen and oxygen atoms in total. The van der Waals surface area contributed by atoms with Crippen LogP contribution >= 0.6 is 0 Å². The average Bonchev–Trinajstić information content (AvgIpc) is 2.35. The SMILES string of the molecule is CCc1nc(C2CN(C)CCN2C)[nH]c(=O)c1C. The summed E-state index contributed by atoms with van der Waals surface area (Å²) < 4.78 is 0. The first-order chi connectivity index (χ1) is 8.52. The van der Waals surface area contributed by atoms with Crippen molar-refractivity contribution in [1.29, 1.82) is 0 Å². The van der Waals surface area contributed by atoms with Crippen LogP contribution in [0.25, 0.3) is 0 Å². The molecular formula is C13H22N4O. The van der Waals surface area contributed by atoms with Gasteiger partial charge in [0, 0.05) is 25.2 Å². The lowest BCUT2D eigenvalue weighted by Gasteiger charge is -2.37. The molecule has 0 amide bonds. The fraction of sp³-hybridized carbons (Fsp3) is 0.692. The predicted octanol–water partition coefficient (Wildman–Crippen LogP) is 0.559. The molecule has 1 N–H and O–H groups in total. The number of aryl methyl sites for hydroxylation is 1. The van der Waals surface area contributed by atoms with Crippen LogP contribution in [0.5, 0.6) is 0 Å². The van der Waals surface area contributed by atoms with Crippen LogP contribution in [0.1, 0.15) is 30.0 Å². The summed E-state index contributed by atoms with van der Waals surface area (Å²) in [6, 6.07) is 0.183. The number of hydrogen-bond donors (Lipinski definition) is 1. The van der Waals surface area contributed by atoms with Crippen LogP contribution in [0.2, 0.25) is 0 Å². The maximum Gasteiger partial charge on any atom is 0.254 e. The molecule has 0 bridgehead atoms. The molecular weight excluding hydrogens is 228 g/mol. The van der Waals surface area contributed by atoms with Crippen molar-refractivity contribution < 1.29 is 0 Å². The summed E-state index contributed by atoms with van der Waals surface area (Å²) in [5.41, 5.74) is 1.65. The van der Waals surface area contributed by atoms with Crippen molar-refractivity contribution in [1.82, 2.24) is 19.8 Å². The molecule has 1 aromatic rings. The first-order valence-electron chi connectivity index (χ1n) is 6.51. The van der Waals surface area contributed by atoms with Crippen LogP contribution in [0.4, 0.5) is 0 Å². The smallest absolute Gasteiger partial charge is 0.254 e. The summed E-state index contributed by atoms with van der Waals surface area (Å²) in [4.78, 5) is 24.0. The van der Waals surface area contributed by atoms with Crippen molar-refractivity contribution in [3.63, 3.8) is 0 Å². The van der Waals surface area contributed by atoms with Gasteiger partial charge in [0.1, 0.15) is 5.82 Å². The Labute approximate surface area is 108 Å². The van der Waals surface area contributed by atoms with Gasteiger partial charge in [-0.2, -0.15) is 0 Å². The number of piperazine rings is 1. The molecule has 0 spiro atoms. The maximum absolute atomic E-state index is 11.9. The second kappa shape index (κ2) is 5.20. The predicted molar refractivity (Wildman–Crippen MR) is 71.8 cm³/mol. The van der Waals surface area contributed by atoms with Gasteiger partial charge in [-0.25, -0.2) is 4.98 Å². The number of H-pyrrole nitrogens is 1. The first-order valence-corrected chi connectivity index (χ1v) is 6.51. The molecule has 5 heteroatoms. The second-order valence-electron chi connectivity index (χ2n) is 5.14. The van der Waals surface area contributed by atoms with Gasteiger partial charge in [0.05, 0.1) is 11.7 Å². The van der Waals surface area contributed by atoms with Gasteiger partial charge in [0.25, 0.3) is 5.56 Å². The van der Waals surface area contributed by atoms with Crippen LogP contribution in [-0.2, 0) is 6.42 Å². The molecule has 1 fully saturated rings. The molecule has 2 heterocycles. The molecule has 18 heavy (non-hydrogen) atoms. The highest BCUT2D eigenvalue weighted by Crippen LogP contribution is 2.20. The van der Waals surface area contributed by atoms with Gasteiger partial charge in [-0.3, -0.25) is 9.69 Å². The largest absolute Gasteiger partial charge is 0.309 e. The van der Waals surface area contributed by atoms with Gasteiger partial charge in [0.15, 0.2) is 0 Å². The minimum Gasteiger partial charge on any atom is -0.309 e. The third kappa shape index (κ3) is 2.47. The minimum absolute atomic E-state index is 0.00141. The van der Waals surface area contributed by atoms with E-state index in [-0.39, 0.29) is 11.6 Å². The number of hydrogen-bond acceptors (Lipinski definition) is 4. The van der Waals surface area contributed by atoms with Gasteiger partial charge in [-0.1, -0.05) is 6.92 Å². The van der Waals surface area contributed by atoms with Crippen LogP contribution < -0.4 is 5.56 Å². The van der Waals surface area contributed by atoms with Gasteiger partial charge >= 0.3 is 0 Å². The Hall–Kier alpha value is -1.20. The topological polar surface area (TPSA) is 52.2 Å². The van der Waals surface area contributed by atoms with Gasteiger partial charge in [-0.15, -0.1) is 0 Å². The molecule has 1 unspecified atom stereocenters. The average molecular weight is 250 g/mol. The van der Waals surface area contributed by atoms with Crippen LogP contribution in [0, 0.1) is 6.92 Å². The molecule has 1 aliphatic heterocycles. The highest BCUT2D eigenvalue weighted by atomic mass is 16.1. The number of rotatable bonds is 2. The van der Waals surface area contributed by atoms with Crippen molar-refractivity contribution in [3.8, 4) is 0 Å². The molecule has 2 rings (SSSR count). The molecule has 100 valence electrons. The molecule has 0 aromatic carbocycles. The van der Waals surface area contributed by atoms with E-state index in [4.69, 9.17) is 0 Å². The summed E-state index contributed by atoms with van der Waals surface area (Å²) in [5.74, 6) is 0.802. The molecule has 1 saturated heterocycles. The van der Waals surface area contributed by atoms with E-state index >= 15 is 0 Å². The van der Waals surface area contributed by atoms with E-state index in [0.29, 0.717) is 0 Å². The summed E-state index contributed by atoms with van der Waals surface area (Å²) in [7, 11) is 4.19. The number of aromatic amines is 1. The Bertz CT molecular complexity index is 482. The number of nitrogens with one attached hydrogen (secondary N) is 1. The normalized spacial score (nSPS) is 22.3. The van der Waals surface area contributed by atoms with Crippen molar-refractivity contribution >= 4 is 0 Å². The zero-order chi connectivity index (χ0) is 13.3.